The molecule has 6 rings (SSSR count). The van der Waals surface area contributed by atoms with E-state index >= 15 is 0 Å². The van der Waals surface area contributed by atoms with Crippen LogP contribution in [0.1, 0.15) is 136 Å². The van der Waals surface area contributed by atoms with Crippen LogP contribution in [0.3, 0.4) is 0 Å². The average Bonchev–Trinajstić information content (AvgIpc) is 1.16. The maximum absolute atomic E-state index is 14.1. The number of nitrogens with one attached hydrogen (secondary N) is 2. The number of esters is 1. The second-order valence-electron chi connectivity index (χ2n) is 25.5. The number of hydrogen-bond acceptors (Lipinski definition) is 13. The van der Waals surface area contributed by atoms with E-state index in [9.17, 15) is 88.2 Å². The van der Waals surface area contributed by atoms with Gasteiger partial charge in [-0.15, -0.1) is 0 Å². The van der Waals surface area contributed by atoms with Gasteiger partial charge in [0.05, 0.1) is 24.7 Å². The van der Waals surface area contributed by atoms with E-state index in [0.29, 0.717) is 37.7 Å². The van der Waals surface area contributed by atoms with E-state index in [1.165, 1.54) is 9.80 Å². The summed E-state index contributed by atoms with van der Waals surface area (Å²) in [6.07, 6.45) is 0.679. The van der Waals surface area contributed by atoms with Crippen LogP contribution in [-0.4, -0.2) is 131 Å². The molecule has 4 atom stereocenters. The van der Waals surface area contributed by atoms with E-state index < -0.39 is 172 Å². The predicted octanol–water partition coefficient (Wildman–Crippen LogP) is 9.03. The van der Waals surface area contributed by atoms with Gasteiger partial charge in [0.2, 0.25) is 46.6 Å². The lowest BCUT2D eigenvalue weighted by Gasteiger charge is -2.26. The molecule has 3 N–H and O–H groups in total. The van der Waals surface area contributed by atoms with E-state index in [-0.39, 0.29) is 68.4 Å². The highest BCUT2D eigenvalue weighted by Crippen LogP contribution is 2.31. The van der Waals surface area contributed by atoms with E-state index in [1.807, 2.05) is 65.8 Å². The van der Waals surface area contributed by atoms with E-state index in [1.54, 1.807) is 45.0 Å². The zero-order valence-corrected chi connectivity index (χ0v) is 52.6. The maximum Gasteiger partial charge on any atom is 0.308 e. The highest BCUT2D eigenvalue weighted by Gasteiger charge is 2.37. The van der Waals surface area contributed by atoms with Gasteiger partial charge < -0.3 is 39.8 Å². The molecular formula is C66H76F8N4O14. The summed E-state index contributed by atoms with van der Waals surface area (Å²) in [7, 11) is 0. The molecule has 92 heavy (non-hydrogen) atoms. The number of carboxylic acids is 1. The van der Waals surface area contributed by atoms with Gasteiger partial charge in [-0.05, 0) is 79.5 Å². The van der Waals surface area contributed by atoms with Crippen LogP contribution >= 0.6 is 0 Å². The number of hydrogen-bond donors (Lipinski definition) is 3. The Kier molecular flexibility index (Phi) is 25.9. The zero-order valence-electron chi connectivity index (χ0n) is 52.6. The number of benzene rings is 4. The van der Waals surface area contributed by atoms with Gasteiger partial charge in [0.1, 0.15) is 30.9 Å². The summed E-state index contributed by atoms with van der Waals surface area (Å²) in [5.41, 5.74) is 1.78. The number of nitrogens with zero attached hydrogens (tertiary/aromatic N) is 2. The number of amides is 4. The number of likely N-dealkylation sites (tertiary alicyclic amines) is 2. The fraction of sp³-hybridized carbons (Fsp3) is 0.485. The van der Waals surface area contributed by atoms with Gasteiger partial charge in [-0.3, -0.25) is 47.9 Å². The van der Waals surface area contributed by atoms with Crippen molar-refractivity contribution in [2.45, 2.75) is 155 Å². The van der Waals surface area contributed by atoms with Crippen molar-refractivity contribution < 1.29 is 102 Å². The summed E-state index contributed by atoms with van der Waals surface area (Å²) in [4.78, 5) is 132. The minimum absolute atomic E-state index is 0.0238. The summed E-state index contributed by atoms with van der Waals surface area (Å²) in [5, 5.41) is 14.0. The Morgan fingerprint density at radius 1 is 0.522 bits per heavy atom. The number of Topliss-reactive ketones (excluding diaryl/α,β-unsaturated/α-hetero) is 4. The quantitative estimate of drug-likeness (QED) is 0.0288. The third-order valence-electron chi connectivity index (χ3n) is 14.9. The van der Waals surface area contributed by atoms with Crippen molar-refractivity contribution in [3.63, 3.8) is 0 Å². The van der Waals surface area contributed by atoms with Gasteiger partial charge in [0.15, 0.2) is 46.3 Å². The Bertz CT molecular complexity index is 3380. The molecule has 2 aliphatic rings. The standard InChI is InChI=1S/C35H42F4N2O7.C31H34F4N2O7/c1-34(2,3)22-13-8-7-11-20(22)15-26(42)33(46)41-14-10-9-12-21(18-41)32(45)40-25(17-28(44)48-35(4,5)6)27(43)19-47-31-29(38)23(36)16-24(37)30(31)39;1-31(2,3)19-10-5-4-8-17(19)12-23(38)30(43)37-11-7-6-9-18(15-37)29(42)36-22(14-25(40)41)24(39)16-44-28-26(34)20(32)13-21(33)27(28)35/h7-8,11,13,16,21,25H,9-10,12,14-15,17-19H2,1-6H3,(H,40,45);4-5,8,10,13,18,22H,6-7,9,11-12,14-16H2,1-3H3,(H,36,42)(H,40,41)/t21-,25+;18-,22+/m11/s1. The first kappa shape index (κ1) is 74.2. The van der Waals surface area contributed by atoms with Gasteiger partial charge in [-0.1, -0.05) is 103 Å². The van der Waals surface area contributed by atoms with Crippen molar-refractivity contribution >= 4 is 58.7 Å². The highest BCUT2D eigenvalue weighted by molar-refractivity contribution is 6.37. The molecule has 0 unspecified atom stereocenters. The number of ether oxygens (including phenoxy) is 3. The number of halogens is 8. The molecule has 18 nitrogen and oxygen atoms in total. The van der Waals surface area contributed by atoms with E-state index in [0.717, 1.165) is 16.7 Å². The second kappa shape index (κ2) is 32.1. The van der Waals surface area contributed by atoms with Crippen molar-refractivity contribution in [1.29, 1.82) is 0 Å². The summed E-state index contributed by atoms with van der Waals surface area (Å²) in [6.45, 7) is 14.5. The first-order chi connectivity index (χ1) is 42.9. The second-order valence-corrected chi connectivity index (χ2v) is 25.5. The molecule has 0 radical (unpaired) electrons. The maximum atomic E-state index is 14.1. The number of ketones is 4. The zero-order chi connectivity index (χ0) is 68.7. The SMILES string of the molecule is CC(C)(C)OC(=O)C[C@H](NC(=O)[C@@H]1CCCCN(C(=O)C(=O)Cc2ccccc2C(C)(C)C)C1)C(=O)COc1c(F)c(F)cc(F)c1F.CC(C)(C)c1ccccc1CC(=O)C(=O)N1CCCC[C@@H](C(=O)N[C@@H](CC(=O)O)C(=O)COc2c(F)c(F)cc(F)c2F)C1. The molecule has 2 fully saturated rings. The molecule has 4 aromatic rings. The molecule has 4 aromatic carbocycles. The smallest absolute Gasteiger partial charge is 0.308 e. The number of carbonyl (C=O) groups is 10. The van der Waals surface area contributed by atoms with Crippen LogP contribution < -0.4 is 20.1 Å². The average molecular weight is 1300 g/mol. The third-order valence-corrected chi connectivity index (χ3v) is 14.9. The van der Waals surface area contributed by atoms with Crippen LogP contribution in [0, 0.1) is 58.4 Å². The molecule has 500 valence electrons. The fourth-order valence-corrected chi connectivity index (χ4v) is 10.4. The van der Waals surface area contributed by atoms with Crippen molar-refractivity contribution in [3.8, 4) is 11.5 Å². The van der Waals surface area contributed by atoms with Gasteiger partial charge in [-0.2, -0.15) is 17.6 Å². The van der Waals surface area contributed by atoms with Crippen molar-refractivity contribution in [1.82, 2.24) is 20.4 Å². The van der Waals surface area contributed by atoms with Gasteiger partial charge in [0, 0.05) is 51.2 Å². The van der Waals surface area contributed by atoms with Crippen molar-refractivity contribution in [2.24, 2.45) is 11.8 Å². The number of carboxylic acid groups (broad SMARTS) is 1. The predicted molar refractivity (Wildman–Crippen MR) is 316 cm³/mol. The minimum Gasteiger partial charge on any atom is -0.481 e. The first-order valence-electron chi connectivity index (χ1n) is 29.7. The molecule has 26 heteroatoms. The summed E-state index contributed by atoms with van der Waals surface area (Å²) >= 11 is 0. The molecular weight excluding hydrogens is 1220 g/mol. The number of carbonyl (C=O) groups excluding carboxylic acids is 9. The fourth-order valence-electron chi connectivity index (χ4n) is 10.4. The van der Waals surface area contributed by atoms with E-state index in [4.69, 9.17) is 9.47 Å². The lowest BCUT2D eigenvalue weighted by Crippen LogP contribution is -2.49. The Labute approximate surface area is 527 Å². The molecule has 0 bridgehead atoms. The lowest BCUT2D eigenvalue weighted by atomic mass is 9.82. The largest absolute Gasteiger partial charge is 0.481 e. The normalized spacial score (nSPS) is 16.1. The van der Waals surface area contributed by atoms with Crippen LogP contribution in [0.25, 0.3) is 0 Å². The highest BCUT2D eigenvalue weighted by atomic mass is 19.2. The minimum atomic E-state index is -1.89. The molecule has 0 saturated carbocycles. The molecule has 2 saturated heterocycles. The molecule has 2 heterocycles. The van der Waals surface area contributed by atoms with Gasteiger partial charge >= 0.3 is 11.9 Å². The lowest BCUT2D eigenvalue weighted by molar-refractivity contribution is -0.156. The van der Waals surface area contributed by atoms with Crippen molar-refractivity contribution in [2.75, 3.05) is 39.4 Å². The summed E-state index contributed by atoms with van der Waals surface area (Å²) in [6, 6.07) is 11.2. The van der Waals surface area contributed by atoms with Crippen LogP contribution in [0.5, 0.6) is 11.5 Å². The summed E-state index contributed by atoms with van der Waals surface area (Å²) in [5.74, 6) is -28.3. The third kappa shape index (κ3) is 21.0. The molecule has 0 aliphatic carbocycles. The number of aliphatic carboxylic acids is 1. The van der Waals surface area contributed by atoms with Crippen LogP contribution in [0.15, 0.2) is 60.7 Å². The molecule has 2 aliphatic heterocycles. The Balaban J connectivity index is 0.000000335. The Morgan fingerprint density at radius 3 is 1.21 bits per heavy atom. The van der Waals surface area contributed by atoms with Gasteiger partial charge in [0.25, 0.3) is 11.8 Å². The Hall–Kier alpha value is -8.58. The van der Waals surface area contributed by atoms with Gasteiger partial charge in [-0.25, -0.2) is 17.6 Å². The van der Waals surface area contributed by atoms with Crippen LogP contribution in [-0.2, 0) is 76.4 Å². The monoisotopic (exact) mass is 1300 g/mol. The topological polar surface area (TPSA) is 249 Å². The van der Waals surface area contributed by atoms with Crippen LogP contribution in [0.2, 0.25) is 0 Å². The molecule has 0 aromatic heterocycles. The Morgan fingerprint density at radius 2 is 0.870 bits per heavy atom. The van der Waals surface area contributed by atoms with E-state index in [2.05, 4.69) is 15.4 Å². The van der Waals surface area contributed by atoms with Crippen LogP contribution in [0.4, 0.5) is 35.1 Å². The van der Waals surface area contributed by atoms with Crippen molar-refractivity contribution in [3.05, 3.63) is 129 Å². The molecule has 0 spiro atoms. The molecule has 4 amide bonds. The summed E-state index contributed by atoms with van der Waals surface area (Å²) < 4.78 is 125. The number of rotatable bonds is 22. The first-order valence-corrected chi connectivity index (χ1v) is 29.7.